The fourth-order valence-corrected chi connectivity index (χ4v) is 8.55. The Labute approximate surface area is 282 Å². The summed E-state index contributed by atoms with van der Waals surface area (Å²) in [6.07, 6.45) is -3.12. The van der Waals surface area contributed by atoms with Crippen LogP contribution in [0.25, 0.3) is 11.2 Å². The molecule has 0 spiro atoms. The number of methoxy groups -OCH3 is 1. The first-order chi connectivity index (χ1) is 23.3. The Morgan fingerprint density at radius 1 is 1.12 bits per heavy atom. The van der Waals surface area contributed by atoms with Gasteiger partial charge in [0.05, 0.1) is 19.0 Å². The molecule has 0 aliphatic carbocycles. The lowest BCUT2D eigenvalue weighted by molar-refractivity contribution is -0.233. The standard InChI is InChI=1S/C21H33N10O14P3S/c1-24-11-15(27-20(22)29-17(11)33)26-19-14(38-2)13(32)9(42-19)6-40-46(35)44-48(37,49)45-47(36)43-39-5-8-3-4-10(41-8)31-7-25-12-16(31)28-21(23)30-18(12)34/h7-10,13-14,19,24,32,35-36H,3-6H2,1-2H3,(H,37,49)(H3,23,28,30,34)(H4,22,26,27,29,33)/t8-,9?,10?,13?,14?,19?,46?,47?,48?/m0/s1. The molecule has 2 aliphatic heterocycles. The third-order valence-electron chi connectivity index (χ3n) is 6.99. The van der Waals surface area contributed by atoms with Crippen molar-refractivity contribution in [2.75, 3.05) is 49.5 Å². The van der Waals surface area contributed by atoms with Gasteiger partial charge in [-0.3, -0.25) is 24.1 Å². The van der Waals surface area contributed by atoms with Crippen molar-refractivity contribution in [3.8, 4) is 0 Å². The molecular weight excluding hydrogens is 741 g/mol. The SMILES string of the molecule is CNc1c(NC2OC(COP(O)OP(=O)(S)OP(O)OOC[C@@H]3CCC(n4cnc5c(=O)[nH]c(N)nc54)O3)C(O)C2OC)nc(N)[nH]c1=O. The number of aliphatic hydroxyl groups excluding tert-OH is 1. The highest BCUT2D eigenvalue weighted by Gasteiger charge is 2.45. The number of aromatic amines is 2. The molecule has 2 aliphatic rings. The number of nitrogens with one attached hydrogen (secondary N) is 4. The monoisotopic (exact) mass is 774 g/mol. The molecule has 8 unspecified atom stereocenters. The quantitative estimate of drug-likeness (QED) is 0.0389. The molecule has 3 aromatic heterocycles. The van der Waals surface area contributed by atoms with Crippen LogP contribution in [0.1, 0.15) is 19.1 Å². The van der Waals surface area contributed by atoms with Crippen LogP contribution in [0.5, 0.6) is 0 Å². The molecule has 0 amide bonds. The minimum absolute atomic E-state index is 0.0164. The highest BCUT2D eigenvalue weighted by molar-refractivity contribution is 8.45. The molecule has 0 saturated carbocycles. The van der Waals surface area contributed by atoms with Crippen LogP contribution in [0.15, 0.2) is 15.9 Å². The van der Waals surface area contributed by atoms with E-state index in [4.69, 9.17) is 48.4 Å². The topological polar surface area (TPSA) is 337 Å². The predicted octanol–water partition coefficient (Wildman–Crippen LogP) is -0.226. The number of anilines is 4. The van der Waals surface area contributed by atoms with Crippen molar-refractivity contribution in [3.05, 3.63) is 27.0 Å². The van der Waals surface area contributed by atoms with Crippen LogP contribution in [0.2, 0.25) is 0 Å². The lowest BCUT2D eigenvalue weighted by atomic mass is 10.1. The molecule has 272 valence electrons. The van der Waals surface area contributed by atoms with Gasteiger partial charge in [0, 0.05) is 14.2 Å². The molecule has 5 heterocycles. The number of fused-ring (bicyclic) bond motifs is 1. The first-order valence-electron chi connectivity index (χ1n) is 14.0. The number of aliphatic hydroxyl groups is 1. The number of H-pyrrole nitrogens is 2. The number of rotatable bonds is 16. The van der Waals surface area contributed by atoms with Gasteiger partial charge in [0.25, 0.3) is 11.1 Å². The Balaban J connectivity index is 1.04. The van der Waals surface area contributed by atoms with Gasteiger partial charge in [-0.25, -0.2) is 23.1 Å². The lowest BCUT2D eigenvalue weighted by Crippen LogP contribution is -2.39. The van der Waals surface area contributed by atoms with E-state index in [1.165, 1.54) is 20.5 Å². The number of nitrogens with two attached hydrogens (primary N) is 2. The number of hydrogen-bond donors (Lipinski definition) is 10. The average molecular weight is 775 g/mol. The Hall–Kier alpha value is -2.57. The Morgan fingerprint density at radius 2 is 1.84 bits per heavy atom. The molecule has 28 heteroatoms. The van der Waals surface area contributed by atoms with Crippen LogP contribution >= 0.6 is 36.3 Å². The van der Waals surface area contributed by atoms with Gasteiger partial charge in [-0.1, -0.05) is 12.2 Å². The summed E-state index contributed by atoms with van der Waals surface area (Å²) in [4.78, 5) is 66.2. The summed E-state index contributed by atoms with van der Waals surface area (Å²) in [5, 5.41) is 16.2. The van der Waals surface area contributed by atoms with Gasteiger partial charge in [0.1, 0.15) is 36.8 Å². The van der Waals surface area contributed by atoms with E-state index in [-0.39, 0.29) is 41.2 Å². The first-order valence-corrected chi connectivity index (χ1v) is 18.9. The van der Waals surface area contributed by atoms with Crippen LogP contribution in [0.3, 0.4) is 0 Å². The number of hydrogen-bond acceptors (Lipinski definition) is 21. The predicted molar refractivity (Wildman–Crippen MR) is 174 cm³/mol. The van der Waals surface area contributed by atoms with Gasteiger partial charge in [-0.15, -0.1) is 0 Å². The first kappa shape index (κ1) is 37.7. The molecule has 11 N–H and O–H groups in total. The zero-order valence-electron chi connectivity index (χ0n) is 25.4. The van der Waals surface area contributed by atoms with Crippen molar-refractivity contribution < 1.29 is 56.4 Å². The minimum Gasteiger partial charge on any atom is -0.387 e. The van der Waals surface area contributed by atoms with E-state index in [0.29, 0.717) is 12.8 Å². The van der Waals surface area contributed by atoms with Crippen LogP contribution < -0.4 is 33.2 Å². The highest BCUT2D eigenvalue weighted by atomic mass is 32.7. The minimum atomic E-state index is -4.48. The van der Waals surface area contributed by atoms with Crippen molar-refractivity contribution in [3.63, 3.8) is 0 Å². The van der Waals surface area contributed by atoms with E-state index in [2.05, 4.69) is 47.8 Å². The summed E-state index contributed by atoms with van der Waals surface area (Å²) >= 11 is 3.69. The summed E-state index contributed by atoms with van der Waals surface area (Å²) in [6.45, 7) is -5.16. The zero-order valence-corrected chi connectivity index (χ0v) is 29.0. The van der Waals surface area contributed by atoms with Crippen LogP contribution in [-0.4, -0.2) is 102 Å². The van der Waals surface area contributed by atoms with Crippen molar-refractivity contribution in [1.82, 2.24) is 29.5 Å². The number of thiol groups is 1. The average Bonchev–Trinajstić information content (AvgIpc) is 3.72. The molecule has 49 heavy (non-hydrogen) atoms. The summed E-state index contributed by atoms with van der Waals surface area (Å²) in [5.41, 5.74) is 10.6. The van der Waals surface area contributed by atoms with Gasteiger partial charge >= 0.3 is 24.0 Å². The number of nitrogens with zero attached hydrogens (tertiary/aromatic N) is 4. The molecule has 0 bridgehead atoms. The third kappa shape index (κ3) is 9.22. The molecule has 3 aromatic rings. The van der Waals surface area contributed by atoms with E-state index >= 15 is 0 Å². The van der Waals surface area contributed by atoms with Gasteiger partial charge in [0.2, 0.25) is 11.9 Å². The largest absolute Gasteiger partial charge is 0.399 e. The van der Waals surface area contributed by atoms with Gasteiger partial charge < -0.3 is 55.7 Å². The fraction of sp³-hybridized carbons (Fsp3) is 0.571. The van der Waals surface area contributed by atoms with Crippen molar-refractivity contribution in [2.24, 2.45) is 0 Å². The van der Waals surface area contributed by atoms with Crippen molar-refractivity contribution >= 4 is 70.8 Å². The molecular formula is C21H33N10O14P3S. The summed E-state index contributed by atoms with van der Waals surface area (Å²) in [6, 6.07) is 0. The molecule has 9 atom stereocenters. The van der Waals surface area contributed by atoms with Crippen molar-refractivity contribution in [2.45, 2.75) is 49.7 Å². The molecule has 0 aromatic carbocycles. The Kier molecular flexibility index (Phi) is 12.4. The maximum Gasteiger partial charge on any atom is 0.399 e. The normalized spacial score (nSPS) is 26.5. The number of nitrogen functional groups attached to an aromatic ring is 2. The van der Waals surface area contributed by atoms with Crippen molar-refractivity contribution in [1.29, 1.82) is 0 Å². The van der Waals surface area contributed by atoms with Crippen LogP contribution in [-0.2, 0) is 41.5 Å². The second kappa shape index (κ2) is 16.2. The maximum atomic E-state index is 12.6. The van der Waals surface area contributed by atoms with Gasteiger partial charge in [0.15, 0.2) is 23.2 Å². The third-order valence-corrected chi connectivity index (χ3v) is 11.7. The van der Waals surface area contributed by atoms with E-state index < -0.39 is 78.6 Å². The fourth-order valence-electron chi connectivity index (χ4n) is 4.90. The van der Waals surface area contributed by atoms with Gasteiger partial charge in [-0.2, -0.15) is 14.6 Å². The van der Waals surface area contributed by atoms with Crippen LogP contribution in [0.4, 0.5) is 23.4 Å². The van der Waals surface area contributed by atoms with E-state index in [0.717, 1.165) is 0 Å². The number of ether oxygens (including phenoxy) is 3. The molecule has 2 saturated heterocycles. The summed E-state index contributed by atoms with van der Waals surface area (Å²) in [7, 11) is -3.14. The number of aromatic nitrogens is 6. The van der Waals surface area contributed by atoms with Gasteiger partial charge in [-0.05, 0) is 12.8 Å². The molecule has 24 nitrogen and oxygen atoms in total. The highest BCUT2D eigenvalue weighted by Crippen LogP contribution is 2.68. The summed E-state index contributed by atoms with van der Waals surface area (Å²) < 4.78 is 50.5. The lowest BCUT2D eigenvalue weighted by Gasteiger charge is -2.21. The molecule has 0 radical (unpaired) electrons. The van der Waals surface area contributed by atoms with E-state index in [1.807, 2.05) is 0 Å². The summed E-state index contributed by atoms with van der Waals surface area (Å²) in [5.74, 6) is -0.235. The second-order valence-corrected chi connectivity index (χ2v) is 15.3. The second-order valence-electron chi connectivity index (χ2n) is 10.2. The van der Waals surface area contributed by atoms with Crippen LogP contribution in [0, 0.1) is 0 Å². The maximum absolute atomic E-state index is 12.6. The van der Waals surface area contributed by atoms with E-state index in [1.54, 1.807) is 4.57 Å². The smallest absolute Gasteiger partial charge is 0.387 e. The Bertz CT molecular complexity index is 1770. The van der Waals surface area contributed by atoms with E-state index in [9.17, 15) is 29.0 Å². The molecule has 5 rings (SSSR count). The molecule has 2 fully saturated rings. The number of imidazole rings is 1. The Morgan fingerprint density at radius 3 is 2.57 bits per heavy atom. The zero-order chi connectivity index (χ0) is 35.5.